The van der Waals surface area contributed by atoms with Crippen molar-refractivity contribution >= 4 is 32.3 Å². The van der Waals surface area contributed by atoms with Crippen LogP contribution in [0.15, 0.2) is 47.4 Å². The van der Waals surface area contributed by atoms with Gasteiger partial charge in [0.05, 0.1) is 48.7 Å². The Hall–Kier alpha value is -3.44. The molecule has 13 heteroatoms. The molecule has 1 aliphatic carbocycles. The third-order valence-corrected chi connectivity index (χ3v) is 10.2. The molecule has 2 fully saturated rings. The summed E-state index contributed by atoms with van der Waals surface area (Å²) in [6, 6.07) is 11.7. The summed E-state index contributed by atoms with van der Waals surface area (Å²) in [5.41, 5.74) is 2.16. The van der Waals surface area contributed by atoms with Crippen LogP contribution in [0.25, 0.3) is 10.9 Å². The average molecular weight is 648 g/mol. The zero-order chi connectivity index (χ0) is 32.2. The van der Waals surface area contributed by atoms with E-state index in [1.54, 1.807) is 24.3 Å². The smallest absolute Gasteiger partial charge is 0.406 e. The number of methoxy groups -OCH3 is 1. The highest BCUT2D eigenvalue weighted by Gasteiger charge is 2.37. The van der Waals surface area contributed by atoms with Gasteiger partial charge in [-0.15, -0.1) is 0 Å². The maximum atomic E-state index is 13.7. The van der Waals surface area contributed by atoms with Crippen LogP contribution in [0.4, 0.5) is 24.5 Å². The third-order valence-electron chi connectivity index (χ3n) is 8.82. The summed E-state index contributed by atoms with van der Waals surface area (Å²) >= 11 is 0. The Balaban J connectivity index is 1.33. The van der Waals surface area contributed by atoms with Crippen LogP contribution in [0.5, 0.6) is 5.75 Å². The highest BCUT2D eigenvalue weighted by Crippen LogP contribution is 2.37. The van der Waals surface area contributed by atoms with E-state index in [0.717, 1.165) is 57.7 Å². The normalized spacial score (nSPS) is 21.2. The first-order valence-corrected chi connectivity index (χ1v) is 16.5. The van der Waals surface area contributed by atoms with Crippen LogP contribution < -0.4 is 20.1 Å². The monoisotopic (exact) mass is 647 g/mol. The van der Waals surface area contributed by atoms with Crippen LogP contribution in [0.3, 0.4) is 0 Å². The van der Waals surface area contributed by atoms with Crippen molar-refractivity contribution in [2.45, 2.75) is 61.8 Å². The number of ether oxygens (including phenoxy) is 2. The van der Waals surface area contributed by atoms with Gasteiger partial charge in [0, 0.05) is 41.8 Å². The first-order chi connectivity index (χ1) is 21.4. The van der Waals surface area contributed by atoms with Gasteiger partial charge in [0.2, 0.25) is 10.0 Å². The fourth-order valence-electron chi connectivity index (χ4n) is 6.26. The van der Waals surface area contributed by atoms with Crippen molar-refractivity contribution in [1.82, 2.24) is 14.2 Å². The highest BCUT2D eigenvalue weighted by atomic mass is 32.2. The van der Waals surface area contributed by atoms with Crippen molar-refractivity contribution in [2.24, 2.45) is 0 Å². The lowest BCUT2D eigenvalue weighted by atomic mass is 9.79. The minimum atomic E-state index is -4.43. The van der Waals surface area contributed by atoms with E-state index in [1.807, 2.05) is 6.07 Å². The minimum absolute atomic E-state index is 0.0407. The van der Waals surface area contributed by atoms with E-state index in [9.17, 15) is 21.6 Å². The number of fused-ring (bicyclic) bond motifs is 1. The second kappa shape index (κ2) is 13.5. The molecule has 2 heterocycles. The molecule has 3 aromatic rings. The molecule has 0 amide bonds. The third kappa shape index (κ3) is 7.69. The Morgan fingerprint density at radius 1 is 1.09 bits per heavy atom. The summed E-state index contributed by atoms with van der Waals surface area (Å²) in [5.74, 6) is 6.13. The Bertz CT molecular complexity index is 1670. The second-order valence-electron chi connectivity index (χ2n) is 11.7. The SMILES string of the molecule is CNS(=O)(=O)c1ccc(NCC#Cc2cc3c(NC4CCC(C)(N5CCOCC5)CC4)cccc3n2CC(F)(F)F)c(OC)c1. The number of benzene rings is 2. The fourth-order valence-corrected chi connectivity index (χ4v) is 7.01. The van der Waals surface area contributed by atoms with Crippen LogP contribution in [-0.2, 0) is 21.3 Å². The molecule has 1 aromatic heterocycles. The Kier molecular flexibility index (Phi) is 9.88. The van der Waals surface area contributed by atoms with E-state index in [2.05, 4.69) is 39.0 Å². The molecule has 5 rings (SSSR count). The molecule has 1 saturated carbocycles. The van der Waals surface area contributed by atoms with Gasteiger partial charge in [0.25, 0.3) is 0 Å². The summed E-state index contributed by atoms with van der Waals surface area (Å²) in [6.45, 7) is 4.68. The van der Waals surface area contributed by atoms with Gasteiger partial charge in [0.1, 0.15) is 12.3 Å². The second-order valence-corrected chi connectivity index (χ2v) is 13.6. The van der Waals surface area contributed by atoms with Crippen molar-refractivity contribution in [1.29, 1.82) is 0 Å². The number of rotatable bonds is 9. The Morgan fingerprint density at radius 3 is 2.49 bits per heavy atom. The van der Waals surface area contributed by atoms with Crippen LogP contribution in [-0.4, -0.2) is 82.6 Å². The predicted molar refractivity (Wildman–Crippen MR) is 169 cm³/mol. The van der Waals surface area contributed by atoms with Crippen LogP contribution in [0.2, 0.25) is 0 Å². The lowest BCUT2D eigenvalue weighted by Crippen LogP contribution is -2.54. The topological polar surface area (TPSA) is 96.9 Å². The number of hydrogen-bond donors (Lipinski definition) is 3. The van der Waals surface area contributed by atoms with Gasteiger partial charge in [-0.2, -0.15) is 13.2 Å². The fraction of sp³-hybridized carbons (Fsp3) is 0.500. The molecule has 3 N–H and O–H groups in total. The van der Waals surface area contributed by atoms with Crippen molar-refractivity contribution in [3.05, 3.63) is 48.2 Å². The van der Waals surface area contributed by atoms with E-state index < -0.39 is 22.7 Å². The van der Waals surface area contributed by atoms with Gasteiger partial charge < -0.3 is 24.7 Å². The Labute approximate surface area is 262 Å². The van der Waals surface area contributed by atoms with Crippen LogP contribution >= 0.6 is 0 Å². The molecule has 9 nitrogen and oxygen atoms in total. The van der Waals surface area contributed by atoms with Gasteiger partial charge in [-0.3, -0.25) is 4.90 Å². The molecule has 0 atom stereocenters. The van der Waals surface area contributed by atoms with Crippen molar-refractivity contribution in [3.63, 3.8) is 0 Å². The number of halogens is 3. The summed E-state index contributed by atoms with van der Waals surface area (Å²) in [7, 11) is -0.922. The number of nitrogens with one attached hydrogen (secondary N) is 3. The van der Waals surface area contributed by atoms with E-state index in [-0.39, 0.29) is 28.7 Å². The van der Waals surface area contributed by atoms with Gasteiger partial charge in [-0.25, -0.2) is 13.1 Å². The number of alkyl halides is 3. The molecule has 45 heavy (non-hydrogen) atoms. The summed E-state index contributed by atoms with van der Waals surface area (Å²) in [6.07, 6.45) is -0.412. The summed E-state index contributed by atoms with van der Waals surface area (Å²) < 4.78 is 79.6. The standard InChI is InChI=1S/C32H40F3N5O4S/c1-31(39-16-18-44-19-17-39)13-11-23(12-14-31)38-27-7-4-8-29-26(27)20-24(40(29)22-32(33,34)35)6-5-15-37-28-10-9-25(21-30(28)43-3)45(41,42)36-2/h4,7-10,20-21,23,36-38H,11-19,22H2,1-3H3. The molecular weight excluding hydrogens is 607 g/mol. The first kappa shape index (κ1) is 32.9. The van der Waals surface area contributed by atoms with Gasteiger partial charge >= 0.3 is 6.18 Å². The number of morpholine rings is 1. The van der Waals surface area contributed by atoms with Crippen molar-refractivity contribution in [2.75, 3.05) is 57.6 Å². The van der Waals surface area contributed by atoms with E-state index in [4.69, 9.17) is 9.47 Å². The van der Waals surface area contributed by atoms with Gasteiger partial charge in [-0.1, -0.05) is 12.0 Å². The van der Waals surface area contributed by atoms with Crippen molar-refractivity contribution < 1.29 is 31.1 Å². The molecular formula is C32H40F3N5O4S. The minimum Gasteiger partial charge on any atom is -0.495 e. The molecule has 0 unspecified atom stereocenters. The van der Waals surface area contributed by atoms with Crippen LogP contribution in [0.1, 0.15) is 38.3 Å². The zero-order valence-electron chi connectivity index (χ0n) is 25.8. The lowest BCUT2D eigenvalue weighted by Gasteiger charge is -2.47. The van der Waals surface area contributed by atoms with Crippen molar-refractivity contribution in [3.8, 4) is 17.6 Å². The quantitative estimate of drug-likeness (QED) is 0.281. The van der Waals surface area contributed by atoms with E-state index in [1.165, 1.54) is 30.9 Å². The molecule has 1 saturated heterocycles. The molecule has 0 bridgehead atoms. The molecule has 1 aliphatic heterocycles. The summed E-state index contributed by atoms with van der Waals surface area (Å²) in [4.78, 5) is 2.57. The van der Waals surface area contributed by atoms with E-state index in [0.29, 0.717) is 22.3 Å². The van der Waals surface area contributed by atoms with Gasteiger partial charge in [0.15, 0.2) is 0 Å². The maximum absolute atomic E-state index is 13.7. The number of hydrogen-bond acceptors (Lipinski definition) is 7. The molecule has 0 spiro atoms. The average Bonchev–Trinajstić information content (AvgIpc) is 3.37. The number of anilines is 2. The molecule has 2 aliphatic rings. The number of nitrogens with zero attached hydrogens (tertiary/aromatic N) is 2. The molecule has 2 aromatic carbocycles. The lowest BCUT2D eigenvalue weighted by molar-refractivity contribution is -0.140. The summed E-state index contributed by atoms with van der Waals surface area (Å²) in [5, 5.41) is 7.39. The van der Waals surface area contributed by atoms with Gasteiger partial charge in [-0.05, 0) is 75.9 Å². The Morgan fingerprint density at radius 2 is 1.82 bits per heavy atom. The zero-order valence-corrected chi connectivity index (χ0v) is 26.6. The highest BCUT2D eigenvalue weighted by molar-refractivity contribution is 7.89. The van der Waals surface area contributed by atoms with E-state index >= 15 is 0 Å². The number of sulfonamides is 1. The van der Waals surface area contributed by atoms with Crippen LogP contribution in [0, 0.1) is 11.8 Å². The molecule has 0 radical (unpaired) electrons. The number of aromatic nitrogens is 1. The molecule has 244 valence electrons. The maximum Gasteiger partial charge on any atom is 0.406 e. The predicted octanol–water partition coefficient (Wildman–Crippen LogP) is 5.03. The first-order valence-electron chi connectivity index (χ1n) is 15.1. The largest absolute Gasteiger partial charge is 0.495 e.